The molecule has 1 N–H and O–H groups in total. The van der Waals surface area contributed by atoms with Crippen LogP contribution >= 0.6 is 0 Å². The van der Waals surface area contributed by atoms with E-state index in [1.54, 1.807) is 30.3 Å². The number of ketones is 1. The predicted molar refractivity (Wildman–Crippen MR) is 102 cm³/mol. The van der Waals surface area contributed by atoms with Crippen LogP contribution in [0.4, 0.5) is 0 Å². The second-order valence-corrected chi connectivity index (χ2v) is 5.92. The second-order valence-electron chi connectivity index (χ2n) is 5.92. The van der Waals surface area contributed by atoms with E-state index in [0.29, 0.717) is 37.0 Å². The summed E-state index contributed by atoms with van der Waals surface area (Å²) >= 11 is 0. The van der Waals surface area contributed by atoms with Crippen LogP contribution in [-0.2, 0) is 4.74 Å². The zero-order chi connectivity index (χ0) is 17.8. The van der Waals surface area contributed by atoms with Crippen LogP contribution in [0.2, 0.25) is 0 Å². The van der Waals surface area contributed by atoms with Crippen molar-refractivity contribution < 1.29 is 14.3 Å². The summed E-state index contributed by atoms with van der Waals surface area (Å²) in [6.45, 7) is 1.62. The molecule has 0 aliphatic carbocycles. The second kappa shape index (κ2) is 7.27. The topological polar surface area (TPSA) is 63.7 Å². The first-order valence-corrected chi connectivity index (χ1v) is 8.47. The van der Waals surface area contributed by atoms with Gasteiger partial charge < -0.3 is 14.5 Å². The smallest absolute Gasteiger partial charge is 0.222 e. The maximum Gasteiger partial charge on any atom is 0.222 e. The third-order valence-electron chi connectivity index (χ3n) is 4.18. The van der Waals surface area contributed by atoms with Crippen molar-refractivity contribution in [3.05, 3.63) is 71.9 Å². The average molecular weight is 346 g/mol. The van der Waals surface area contributed by atoms with Crippen LogP contribution in [0.5, 0.6) is 5.75 Å². The van der Waals surface area contributed by atoms with Crippen molar-refractivity contribution >= 4 is 28.7 Å². The molecule has 0 saturated heterocycles. The summed E-state index contributed by atoms with van der Waals surface area (Å²) in [5.74, 6) is 1.25. The first-order chi connectivity index (χ1) is 12.8. The lowest BCUT2D eigenvalue weighted by atomic mass is 10.1. The molecule has 5 heteroatoms. The molecule has 1 aliphatic heterocycles. The molecule has 2 heterocycles. The van der Waals surface area contributed by atoms with Crippen LogP contribution in [0.1, 0.15) is 15.9 Å². The summed E-state index contributed by atoms with van der Waals surface area (Å²) in [5, 5.41) is 1.09. The molecule has 0 saturated carbocycles. The SMILES string of the molecule is O=C(/C=C/c1c[nH]c2ccccc12)c1ccc(OCC2=NCCO2)cc1. The molecule has 1 aromatic heterocycles. The van der Waals surface area contributed by atoms with Crippen LogP contribution < -0.4 is 4.74 Å². The summed E-state index contributed by atoms with van der Waals surface area (Å²) in [6, 6.07) is 15.1. The van der Waals surface area contributed by atoms with Crippen molar-refractivity contribution in [2.45, 2.75) is 0 Å². The van der Waals surface area contributed by atoms with Crippen molar-refractivity contribution in [1.29, 1.82) is 0 Å². The van der Waals surface area contributed by atoms with E-state index in [1.807, 2.05) is 36.5 Å². The molecular weight excluding hydrogens is 328 g/mol. The predicted octanol–water partition coefficient (Wildman–Crippen LogP) is 3.87. The number of benzene rings is 2. The molecule has 0 amide bonds. The van der Waals surface area contributed by atoms with Gasteiger partial charge in [0, 0.05) is 22.7 Å². The molecule has 0 spiro atoms. The summed E-state index contributed by atoms with van der Waals surface area (Å²) in [4.78, 5) is 19.7. The number of aliphatic imine (C=N–C) groups is 1. The highest BCUT2D eigenvalue weighted by Gasteiger charge is 2.08. The Balaban J connectivity index is 1.41. The van der Waals surface area contributed by atoms with E-state index in [0.717, 1.165) is 16.5 Å². The number of aromatic nitrogens is 1. The normalized spacial score (nSPS) is 13.8. The lowest BCUT2D eigenvalue weighted by Gasteiger charge is -2.06. The fourth-order valence-electron chi connectivity index (χ4n) is 2.82. The van der Waals surface area contributed by atoms with E-state index < -0.39 is 0 Å². The largest absolute Gasteiger partial charge is 0.484 e. The molecule has 0 fully saturated rings. The third-order valence-corrected chi connectivity index (χ3v) is 4.18. The Labute approximate surface area is 151 Å². The molecule has 3 aromatic rings. The Kier molecular flexibility index (Phi) is 4.51. The van der Waals surface area contributed by atoms with Gasteiger partial charge in [-0.05, 0) is 48.0 Å². The minimum Gasteiger partial charge on any atom is -0.484 e. The number of nitrogens with zero attached hydrogens (tertiary/aromatic N) is 1. The van der Waals surface area contributed by atoms with Crippen LogP contribution in [0.15, 0.2) is 65.8 Å². The molecule has 26 heavy (non-hydrogen) atoms. The minimum atomic E-state index is -0.0506. The Bertz CT molecular complexity index is 984. The fraction of sp³-hybridized carbons (Fsp3) is 0.143. The highest BCUT2D eigenvalue weighted by molar-refractivity contribution is 6.07. The van der Waals surface area contributed by atoms with Gasteiger partial charge in [0.15, 0.2) is 12.4 Å². The van der Waals surface area contributed by atoms with E-state index >= 15 is 0 Å². The van der Waals surface area contributed by atoms with Crippen molar-refractivity contribution in [2.24, 2.45) is 4.99 Å². The number of fused-ring (bicyclic) bond motifs is 1. The number of nitrogens with one attached hydrogen (secondary N) is 1. The summed E-state index contributed by atoms with van der Waals surface area (Å²) in [5.41, 5.74) is 2.66. The average Bonchev–Trinajstić information content (AvgIpc) is 3.35. The van der Waals surface area contributed by atoms with Gasteiger partial charge >= 0.3 is 0 Å². The fourth-order valence-corrected chi connectivity index (χ4v) is 2.82. The Morgan fingerprint density at radius 2 is 2.04 bits per heavy atom. The zero-order valence-corrected chi connectivity index (χ0v) is 14.1. The summed E-state index contributed by atoms with van der Waals surface area (Å²) in [6.07, 6.45) is 5.33. The minimum absolute atomic E-state index is 0.0506. The third kappa shape index (κ3) is 3.52. The molecule has 0 unspecified atom stereocenters. The Hall–Kier alpha value is -3.34. The Morgan fingerprint density at radius 3 is 2.85 bits per heavy atom. The van der Waals surface area contributed by atoms with Gasteiger partial charge in [-0.15, -0.1) is 0 Å². The number of H-pyrrole nitrogens is 1. The van der Waals surface area contributed by atoms with E-state index in [1.165, 1.54) is 0 Å². The van der Waals surface area contributed by atoms with E-state index in [-0.39, 0.29) is 5.78 Å². The number of aromatic amines is 1. The number of hydrogen-bond donors (Lipinski definition) is 1. The molecular formula is C21H18N2O3. The molecule has 4 rings (SSSR count). The van der Waals surface area contributed by atoms with Crippen LogP contribution in [-0.4, -0.2) is 36.4 Å². The van der Waals surface area contributed by atoms with Gasteiger partial charge in [-0.2, -0.15) is 0 Å². The van der Waals surface area contributed by atoms with Gasteiger partial charge in [-0.25, -0.2) is 4.99 Å². The van der Waals surface area contributed by atoms with Crippen LogP contribution in [0, 0.1) is 0 Å². The molecule has 5 nitrogen and oxygen atoms in total. The van der Waals surface area contributed by atoms with Gasteiger partial charge in [0.05, 0.1) is 6.54 Å². The van der Waals surface area contributed by atoms with Gasteiger partial charge in [-0.1, -0.05) is 18.2 Å². The monoisotopic (exact) mass is 346 g/mol. The van der Waals surface area contributed by atoms with Crippen molar-refractivity contribution in [1.82, 2.24) is 4.98 Å². The number of carbonyl (C=O) groups excluding carboxylic acids is 1. The van der Waals surface area contributed by atoms with Crippen molar-refractivity contribution in [2.75, 3.05) is 19.8 Å². The highest BCUT2D eigenvalue weighted by Crippen LogP contribution is 2.19. The van der Waals surface area contributed by atoms with Gasteiger partial charge in [0.2, 0.25) is 5.90 Å². The molecule has 0 atom stereocenters. The zero-order valence-electron chi connectivity index (χ0n) is 14.1. The standard InChI is InChI=1S/C21H18N2O3/c24-20(10-7-16-13-23-19-4-2-1-3-18(16)19)15-5-8-17(9-6-15)26-14-21-22-11-12-25-21/h1-10,13,23H,11-12,14H2/b10-7+. The molecule has 0 radical (unpaired) electrons. The van der Waals surface area contributed by atoms with E-state index in [4.69, 9.17) is 9.47 Å². The summed E-state index contributed by atoms with van der Waals surface area (Å²) < 4.78 is 10.9. The Morgan fingerprint density at radius 1 is 1.19 bits per heavy atom. The van der Waals surface area contributed by atoms with Crippen molar-refractivity contribution in [3.63, 3.8) is 0 Å². The number of para-hydroxylation sites is 1. The maximum absolute atomic E-state index is 12.4. The number of carbonyl (C=O) groups is 1. The lowest BCUT2D eigenvalue weighted by Crippen LogP contribution is -2.11. The maximum atomic E-state index is 12.4. The summed E-state index contributed by atoms with van der Waals surface area (Å²) in [7, 11) is 0. The van der Waals surface area contributed by atoms with Crippen LogP contribution in [0.3, 0.4) is 0 Å². The highest BCUT2D eigenvalue weighted by atomic mass is 16.5. The van der Waals surface area contributed by atoms with E-state index in [2.05, 4.69) is 9.98 Å². The molecule has 0 bridgehead atoms. The van der Waals surface area contributed by atoms with Crippen molar-refractivity contribution in [3.8, 4) is 5.75 Å². The lowest BCUT2D eigenvalue weighted by molar-refractivity contribution is 0.104. The van der Waals surface area contributed by atoms with Gasteiger partial charge in [0.1, 0.15) is 12.4 Å². The molecule has 130 valence electrons. The number of allylic oxidation sites excluding steroid dienone is 1. The number of rotatable bonds is 6. The number of ether oxygens (including phenoxy) is 2. The van der Waals surface area contributed by atoms with Gasteiger partial charge in [0.25, 0.3) is 0 Å². The first kappa shape index (κ1) is 16.1. The molecule has 2 aromatic carbocycles. The van der Waals surface area contributed by atoms with Gasteiger partial charge in [-0.3, -0.25) is 4.79 Å². The quantitative estimate of drug-likeness (QED) is 0.544. The first-order valence-electron chi connectivity index (χ1n) is 8.47. The van der Waals surface area contributed by atoms with E-state index in [9.17, 15) is 4.79 Å². The number of hydrogen-bond acceptors (Lipinski definition) is 4. The van der Waals surface area contributed by atoms with Crippen LogP contribution in [0.25, 0.3) is 17.0 Å². The molecule has 1 aliphatic rings.